The molecular formula is C29H38AcO10. The topological polar surface area (TPSA) is 163 Å². The maximum atomic E-state index is 13.6. The first-order valence-corrected chi connectivity index (χ1v) is 13.4. The molecular weight excluding hydrogens is 735 g/mol. The zero-order valence-corrected chi connectivity index (χ0v) is 28.1. The molecule has 0 amide bonds. The smallest absolute Gasteiger partial charge is 0.338 e. The molecule has 1 aromatic rings. The van der Waals surface area contributed by atoms with Crippen molar-refractivity contribution < 1.29 is 93.4 Å². The fourth-order valence-corrected chi connectivity index (χ4v) is 7.88. The van der Waals surface area contributed by atoms with Gasteiger partial charge in [-0.05, 0) is 30.2 Å². The molecule has 11 heteroatoms. The van der Waals surface area contributed by atoms with Crippen LogP contribution in [0.2, 0.25) is 0 Å². The summed E-state index contributed by atoms with van der Waals surface area (Å²) in [5.74, 6) is -2.66. The number of carbonyl (C=O) groups excluding carboxylic acids is 2. The summed E-state index contributed by atoms with van der Waals surface area (Å²) in [5.41, 5.74) is -5.70. The minimum Gasteiger partial charge on any atom is -0.455 e. The molecule has 10 atom stereocenters. The maximum Gasteiger partial charge on any atom is 0.338 e. The molecule has 0 unspecified atom stereocenters. The van der Waals surface area contributed by atoms with Gasteiger partial charge in [0.05, 0.1) is 36.4 Å². The van der Waals surface area contributed by atoms with Gasteiger partial charge in [0.1, 0.15) is 23.9 Å². The Morgan fingerprint density at radius 1 is 1.05 bits per heavy atom. The number of aliphatic hydroxyl groups excluding tert-OH is 4. The predicted octanol–water partition coefficient (Wildman–Crippen LogP) is 0.874. The second-order valence-electron chi connectivity index (χ2n) is 12.4. The molecule has 0 aromatic heterocycles. The molecule has 2 saturated carbocycles. The number of benzene rings is 1. The molecule has 2 bridgehead atoms. The second kappa shape index (κ2) is 10.7. The third-order valence-electron chi connectivity index (χ3n) is 10.2. The minimum absolute atomic E-state index is 0. The van der Waals surface area contributed by atoms with E-state index in [1.165, 1.54) is 6.92 Å². The molecule has 40 heavy (non-hydrogen) atoms. The number of hydrogen-bond acceptors (Lipinski definition) is 10. The largest absolute Gasteiger partial charge is 0.455 e. The minimum atomic E-state index is -2.02. The van der Waals surface area contributed by atoms with E-state index in [9.17, 15) is 35.1 Å². The van der Waals surface area contributed by atoms with Gasteiger partial charge < -0.3 is 39.7 Å². The van der Waals surface area contributed by atoms with Crippen LogP contribution >= 0.6 is 0 Å². The van der Waals surface area contributed by atoms with Gasteiger partial charge in [-0.1, -0.05) is 39.0 Å². The first-order chi connectivity index (χ1) is 18.1. The third kappa shape index (κ3) is 4.30. The molecule has 3 fully saturated rings. The first kappa shape index (κ1) is 32.0. The average molecular weight is 774 g/mol. The van der Waals surface area contributed by atoms with Crippen LogP contribution < -0.4 is 0 Å². The van der Waals surface area contributed by atoms with Crippen LogP contribution in [0.4, 0.5) is 0 Å². The van der Waals surface area contributed by atoms with E-state index in [1.807, 2.05) is 0 Å². The number of hydrogen-bond donors (Lipinski definition) is 5. The van der Waals surface area contributed by atoms with Crippen LogP contribution in [0.25, 0.3) is 0 Å². The van der Waals surface area contributed by atoms with Gasteiger partial charge in [-0.2, -0.15) is 0 Å². The van der Waals surface area contributed by atoms with E-state index in [-0.39, 0.29) is 74.6 Å². The van der Waals surface area contributed by atoms with Gasteiger partial charge >= 0.3 is 11.9 Å². The number of rotatable bonds is 3. The van der Waals surface area contributed by atoms with Gasteiger partial charge in [-0.15, -0.1) is 0 Å². The number of aliphatic hydroxyl groups is 5. The van der Waals surface area contributed by atoms with Crippen LogP contribution in [0.15, 0.2) is 41.5 Å². The quantitative estimate of drug-likeness (QED) is 0.220. The van der Waals surface area contributed by atoms with Gasteiger partial charge in [0.2, 0.25) is 0 Å². The molecule has 5 N–H and O–H groups in total. The Labute approximate surface area is 269 Å². The molecule has 1 aromatic carbocycles. The third-order valence-corrected chi connectivity index (χ3v) is 10.2. The summed E-state index contributed by atoms with van der Waals surface area (Å²) < 4.78 is 17.8. The standard InChI is InChI=1S/C29H38O10.Ac/c1-14-17(31)12-29(36)24(38-25(35)16-9-7-6-8-10-16)22-27(5,23(34)21(33)20(14)26(29,3)4)18(32)11-19-28(22,13-37-19)39-15(2)30;/h6-10,17-19,21-24,31-34,36H,11-13H2,1-5H3;/t17-,18-,19+,21+,22-,23+,24-,27+,28-,29+;/m0./s1. The number of fused-ring (bicyclic) bond motifs is 5. The Hall–Kier alpha value is -0.898. The molecule has 1 saturated heterocycles. The van der Waals surface area contributed by atoms with Gasteiger partial charge in [0.25, 0.3) is 0 Å². The first-order valence-electron chi connectivity index (χ1n) is 13.4. The maximum absolute atomic E-state index is 13.6. The van der Waals surface area contributed by atoms with E-state index in [4.69, 9.17) is 14.2 Å². The van der Waals surface area contributed by atoms with Crippen LogP contribution in [-0.4, -0.2) is 91.9 Å². The van der Waals surface area contributed by atoms with Crippen molar-refractivity contribution in [3.05, 3.63) is 47.0 Å². The average Bonchev–Trinajstić information content (AvgIpc) is 2.87. The van der Waals surface area contributed by atoms with E-state index in [2.05, 4.69) is 0 Å². The van der Waals surface area contributed by atoms with E-state index in [0.717, 1.165) is 0 Å². The molecule has 3 aliphatic carbocycles. The SMILES string of the molecule is CC(=O)O[C@@]12CO[C@@H]1C[C@H](O)[C@@]1(C)[C@H](O)[C@H](O)C3=C(C)[C@@H](O)C[C@@](O)([C@@H](OC(=O)c4ccccc4)[C@H]21)C3(C)C.[Ac]. The Kier molecular flexibility index (Phi) is 8.54. The van der Waals surface area contributed by atoms with Gasteiger partial charge in [0.15, 0.2) is 5.60 Å². The Balaban J connectivity index is 0.00000370. The van der Waals surface area contributed by atoms with E-state index < -0.39 is 76.5 Å². The van der Waals surface area contributed by atoms with Crippen molar-refractivity contribution in [3.63, 3.8) is 0 Å². The summed E-state index contributed by atoms with van der Waals surface area (Å²) >= 11 is 0. The molecule has 0 spiro atoms. The van der Waals surface area contributed by atoms with Crippen molar-refractivity contribution in [2.24, 2.45) is 16.7 Å². The van der Waals surface area contributed by atoms with E-state index >= 15 is 0 Å². The van der Waals surface area contributed by atoms with Gasteiger partial charge in [0, 0.05) is 74.7 Å². The van der Waals surface area contributed by atoms with Crippen LogP contribution in [0.5, 0.6) is 0 Å². The van der Waals surface area contributed by atoms with Crippen molar-refractivity contribution in [2.75, 3.05) is 6.61 Å². The summed E-state index contributed by atoms with van der Waals surface area (Å²) in [7, 11) is 0. The summed E-state index contributed by atoms with van der Waals surface area (Å²) in [6.07, 6.45) is -8.38. The molecule has 4 aliphatic rings. The van der Waals surface area contributed by atoms with Gasteiger partial charge in [-0.25, -0.2) is 4.79 Å². The summed E-state index contributed by atoms with van der Waals surface area (Å²) in [6.45, 7) is 7.57. The van der Waals surface area contributed by atoms with Crippen LogP contribution in [-0.2, 0) is 19.0 Å². The molecule has 217 valence electrons. The Bertz CT molecular complexity index is 1200. The van der Waals surface area contributed by atoms with Crippen LogP contribution in [0.1, 0.15) is 57.8 Å². The second-order valence-corrected chi connectivity index (χ2v) is 12.4. The summed E-state index contributed by atoms with van der Waals surface area (Å²) in [4.78, 5) is 26.0. The van der Waals surface area contributed by atoms with Gasteiger partial charge in [-0.3, -0.25) is 4.79 Å². The normalized spacial score (nSPS) is 43.5. The molecule has 10 nitrogen and oxygen atoms in total. The molecule has 1 aliphatic heterocycles. The van der Waals surface area contributed by atoms with Crippen molar-refractivity contribution >= 4 is 11.9 Å². The van der Waals surface area contributed by atoms with Crippen molar-refractivity contribution in [1.29, 1.82) is 0 Å². The van der Waals surface area contributed by atoms with Crippen LogP contribution in [0.3, 0.4) is 0 Å². The fourth-order valence-electron chi connectivity index (χ4n) is 7.88. The number of esters is 2. The summed E-state index contributed by atoms with van der Waals surface area (Å²) in [6, 6.07) is 8.16. The molecule has 1 heterocycles. The molecule has 1 radical (unpaired) electrons. The van der Waals surface area contributed by atoms with Crippen LogP contribution in [0, 0.1) is 60.8 Å². The Morgan fingerprint density at radius 2 is 1.68 bits per heavy atom. The van der Waals surface area contributed by atoms with Crippen molar-refractivity contribution in [1.82, 2.24) is 0 Å². The molecule has 5 rings (SSSR count). The van der Waals surface area contributed by atoms with Crippen molar-refractivity contribution in [3.8, 4) is 0 Å². The zero-order valence-electron chi connectivity index (χ0n) is 23.4. The summed E-state index contributed by atoms with van der Waals surface area (Å²) in [5, 5.41) is 58.8. The van der Waals surface area contributed by atoms with E-state index in [0.29, 0.717) is 5.57 Å². The Morgan fingerprint density at radius 3 is 2.23 bits per heavy atom. The number of carbonyl (C=O) groups is 2. The monoisotopic (exact) mass is 773 g/mol. The zero-order chi connectivity index (χ0) is 28.7. The number of ether oxygens (including phenoxy) is 3. The predicted molar refractivity (Wildman–Crippen MR) is 136 cm³/mol. The fraction of sp³-hybridized carbons (Fsp3) is 0.655. The van der Waals surface area contributed by atoms with E-state index in [1.54, 1.807) is 58.0 Å². The van der Waals surface area contributed by atoms with Crippen molar-refractivity contribution in [2.45, 2.75) is 95.3 Å².